The average molecular weight is 356 g/mol. The van der Waals surface area contributed by atoms with Crippen molar-refractivity contribution in [2.75, 3.05) is 12.8 Å². The molecule has 7 heteroatoms. The van der Waals surface area contributed by atoms with Crippen LogP contribution in [0.4, 0.5) is 4.39 Å². The van der Waals surface area contributed by atoms with E-state index in [4.69, 9.17) is 0 Å². The first-order chi connectivity index (χ1) is 12.1. The molecule has 3 rings (SSSR count). The number of aromatic amines is 1. The van der Waals surface area contributed by atoms with Crippen LogP contribution in [0.15, 0.2) is 59.8 Å². The van der Waals surface area contributed by atoms with Crippen molar-refractivity contribution in [1.29, 1.82) is 0 Å². The van der Waals surface area contributed by atoms with E-state index in [0.717, 1.165) is 5.56 Å². The Morgan fingerprint density at radius 1 is 1.16 bits per heavy atom. The second-order valence-electron chi connectivity index (χ2n) is 5.46. The summed E-state index contributed by atoms with van der Waals surface area (Å²) >= 11 is 1.25. The van der Waals surface area contributed by atoms with E-state index in [1.165, 1.54) is 22.7 Å². The molecule has 1 aromatic heterocycles. The second-order valence-corrected chi connectivity index (χ2v) is 6.41. The van der Waals surface area contributed by atoms with Crippen molar-refractivity contribution in [3.8, 4) is 11.4 Å². The molecule has 128 valence electrons. The lowest BCUT2D eigenvalue weighted by Gasteiger charge is -2.17. The fourth-order valence-corrected chi connectivity index (χ4v) is 2.98. The van der Waals surface area contributed by atoms with Crippen molar-refractivity contribution in [2.45, 2.75) is 11.7 Å². The van der Waals surface area contributed by atoms with Crippen LogP contribution >= 0.6 is 11.8 Å². The predicted octanol–water partition coefficient (Wildman–Crippen LogP) is 3.36. The molecule has 1 heterocycles. The second kappa shape index (κ2) is 7.94. The van der Waals surface area contributed by atoms with Gasteiger partial charge in [-0.25, -0.2) is 9.37 Å². The van der Waals surface area contributed by atoms with Gasteiger partial charge in [0.25, 0.3) is 0 Å². The molecule has 0 fully saturated rings. The summed E-state index contributed by atoms with van der Waals surface area (Å²) in [6.45, 7) is 0.231. The molecule has 0 saturated carbocycles. The molecule has 25 heavy (non-hydrogen) atoms. The molecule has 0 atom stereocenters. The molecule has 5 nitrogen and oxygen atoms in total. The largest absolute Gasteiger partial charge is 0.341 e. The fraction of sp³-hybridized carbons (Fsp3) is 0.167. The lowest BCUT2D eigenvalue weighted by atomic mass is 10.2. The van der Waals surface area contributed by atoms with Gasteiger partial charge in [-0.1, -0.05) is 60.3 Å². The average Bonchev–Trinajstić information content (AvgIpc) is 3.11. The Hall–Kier alpha value is -2.67. The first kappa shape index (κ1) is 17.2. The van der Waals surface area contributed by atoms with E-state index in [-0.39, 0.29) is 24.0 Å². The number of carbonyl (C=O) groups is 1. The van der Waals surface area contributed by atoms with E-state index >= 15 is 0 Å². The van der Waals surface area contributed by atoms with Crippen molar-refractivity contribution in [2.24, 2.45) is 0 Å². The minimum absolute atomic E-state index is 0.112. The van der Waals surface area contributed by atoms with Crippen LogP contribution in [0.2, 0.25) is 0 Å². The Morgan fingerprint density at radius 2 is 1.88 bits per heavy atom. The third kappa shape index (κ3) is 4.45. The van der Waals surface area contributed by atoms with Gasteiger partial charge in [-0.3, -0.25) is 9.89 Å². The molecule has 0 aliphatic heterocycles. The van der Waals surface area contributed by atoms with E-state index in [2.05, 4.69) is 15.2 Å². The van der Waals surface area contributed by atoms with Crippen LogP contribution in [-0.4, -0.2) is 38.8 Å². The molecular weight excluding hydrogens is 339 g/mol. The third-order valence-electron chi connectivity index (χ3n) is 3.63. The molecule has 1 N–H and O–H groups in total. The molecule has 0 aliphatic carbocycles. The third-order valence-corrected chi connectivity index (χ3v) is 4.46. The number of halogens is 1. The molecule has 2 aromatic carbocycles. The summed E-state index contributed by atoms with van der Waals surface area (Å²) in [6, 6.07) is 16.1. The number of hydrogen-bond donors (Lipinski definition) is 1. The Balaban J connectivity index is 1.55. The summed E-state index contributed by atoms with van der Waals surface area (Å²) in [5.41, 5.74) is 1.43. The van der Waals surface area contributed by atoms with Crippen LogP contribution in [0.3, 0.4) is 0 Å². The van der Waals surface area contributed by atoms with Gasteiger partial charge in [0.05, 0.1) is 5.75 Å². The van der Waals surface area contributed by atoms with Gasteiger partial charge in [-0.05, 0) is 6.07 Å². The van der Waals surface area contributed by atoms with Crippen LogP contribution in [-0.2, 0) is 11.3 Å². The number of amides is 1. The predicted molar refractivity (Wildman–Crippen MR) is 95.4 cm³/mol. The van der Waals surface area contributed by atoms with E-state index < -0.39 is 0 Å². The molecule has 0 spiro atoms. The minimum atomic E-state index is -0.309. The maximum Gasteiger partial charge on any atom is 0.233 e. The van der Waals surface area contributed by atoms with Crippen molar-refractivity contribution in [3.05, 3.63) is 66.0 Å². The zero-order valence-electron chi connectivity index (χ0n) is 13.6. The summed E-state index contributed by atoms with van der Waals surface area (Å²) in [5, 5.41) is 7.49. The van der Waals surface area contributed by atoms with E-state index in [9.17, 15) is 9.18 Å². The van der Waals surface area contributed by atoms with Crippen LogP contribution in [0.5, 0.6) is 0 Å². The molecule has 0 aliphatic rings. The van der Waals surface area contributed by atoms with Crippen LogP contribution in [0.25, 0.3) is 11.4 Å². The minimum Gasteiger partial charge on any atom is -0.341 e. The highest BCUT2D eigenvalue weighted by atomic mass is 32.2. The Labute approximate surface area is 149 Å². The number of H-pyrrole nitrogens is 1. The van der Waals surface area contributed by atoms with Gasteiger partial charge in [0.2, 0.25) is 11.1 Å². The summed E-state index contributed by atoms with van der Waals surface area (Å²) < 4.78 is 13.7. The topological polar surface area (TPSA) is 61.9 Å². The summed E-state index contributed by atoms with van der Waals surface area (Å²) in [4.78, 5) is 18.1. The van der Waals surface area contributed by atoms with E-state index in [1.807, 2.05) is 30.3 Å². The number of rotatable bonds is 6. The number of thioether (sulfide) groups is 1. The van der Waals surface area contributed by atoms with Gasteiger partial charge in [-0.15, -0.1) is 5.10 Å². The van der Waals surface area contributed by atoms with Crippen LogP contribution in [0.1, 0.15) is 5.56 Å². The van der Waals surface area contributed by atoms with Gasteiger partial charge >= 0.3 is 0 Å². The number of carbonyl (C=O) groups excluding carboxylic acids is 1. The number of nitrogens with one attached hydrogen (secondary N) is 1. The number of nitrogens with zero attached hydrogens (tertiary/aromatic N) is 3. The smallest absolute Gasteiger partial charge is 0.233 e. The first-order valence-corrected chi connectivity index (χ1v) is 8.70. The van der Waals surface area contributed by atoms with Crippen molar-refractivity contribution < 1.29 is 9.18 Å². The van der Waals surface area contributed by atoms with Gasteiger partial charge in [-0.2, -0.15) is 0 Å². The monoisotopic (exact) mass is 356 g/mol. The van der Waals surface area contributed by atoms with Crippen molar-refractivity contribution >= 4 is 17.7 Å². The Morgan fingerprint density at radius 3 is 2.64 bits per heavy atom. The van der Waals surface area contributed by atoms with Gasteiger partial charge in [0, 0.05) is 24.7 Å². The van der Waals surface area contributed by atoms with Gasteiger partial charge in [0.15, 0.2) is 5.82 Å². The zero-order valence-corrected chi connectivity index (χ0v) is 14.5. The maximum atomic E-state index is 13.7. The lowest BCUT2D eigenvalue weighted by molar-refractivity contribution is -0.127. The highest BCUT2D eigenvalue weighted by molar-refractivity contribution is 7.99. The summed E-state index contributed by atoms with van der Waals surface area (Å²) in [6.07, 6.45) is 0. The van der Waals surface area contributed by atoms with Crippen molar-refractivity contribution in [3.63, 3.8) is 0 Å². The van der Waals surface area contributed by atoms with E-state index in [1.54, 1.807) is 25.2 Å². The number of aromatic nitrogens is 3. The summed E-state index contributed by atoms with van der Waals surface area (Å²) in [7, 11) is 1.66. The van der Waals surface area contributed by atoms with Crippen molar-refractivity contribution in [1.82, 2.24) is 20.1 Å². The fourth-order valence-electron chi connectivity index (χ4n) is 2.24. The molecule has 0 bridgehead atoms. The summed E-state index contributed by atoms with van der Waals surface area (Å²) in [5.74, 6) is 0.433. The SMILES string of the molecule is CN(Cc1ccccc1F)C(=O)CSc1n[nH]c(-c2ccccc2)n1. The maximum absolute atomic E-state index is 13.7. The van der Waals surface area contributed by atoms with Gasteiger partial charge in [0.1, 0.15) is 5.82 Å². The number of hydrogen-bond acceptors (Lipinski definition) is 4. The Bertz CT molecular complexity index is 853. The number of benzene rings is 2. The normalized spacial score (nSPS) is 10.6. The molecule has 3 aromatic rings. The molecular formula is C18H17FN4OS. The Kier molecular flexibility index (Phi) is 5.45. The van der Waals surface area contributed by atoms with Crippen LogP contribution in [0, 0.1) is 5.82 Å². The lowest BCUT2D eigenvalue weighted by Crippen LogP contribution is -2.28. The van der Waals surface area contributed by atoms with Gasteiger partial charge < -0.3 is 4.90 Å². The highest BCUT2D eigenvalue weighted by Gasteiger charge is 2.14. The zero-order chi connectivity index (χ0) is 17.6. The standard InChI is InChI=1S/C18H17FN4OS/c1-23(11-14-9-5-6-10-15(14)19)16(24)12-25-18-20-17(21-22-18)13-7-3-2-4-8-13/h2-10H,11-12H2,1H3,(H,20,21,22). The first-order valence-electron chi connectivity index (χ1n) is 7.71. The van der Waals surface area contributed by atoms with Crippen LogP contribution < -0.4 is 0 Å². The molecule has 0 saturated heterocycles. The quantitative estimate of drug-likeness (QED) is 0.688. The molecule has 0 unspecified atom stereocenters. The molecule has 1 amide bonds. The molecule has 0 radical (unpaired) electrons. The van der Waals surface area contributed by atoms with E-state index in [0.29, 0.717) is 16.5 Å². The highest BCUT2D eigenvalue weighted by Crippen LogP contribution is 2.19.